The molecule has 1 heterocycles. The van der Waals surface area contributed by atoms with Gasteiger partial charge in [0.05, 0.1) is 11.4 Å². The van der Waals surface area contributed by atoms with Gasteiger partial charge in [-0.25, -0.2) is 4.79 Å². The second-order valence-electron chi connectivity index (χ2n) is 7.22. The molecule has 1 aliphatic heterocycles. The van der Waals surface area contributed by atoms with Crippen LogP contribution < -0.4 is 14.5 Å². The lowest BCUT2D eigenvalue weighted by atomic mass is 10.0. The molecule has 0 aromatic heterocycles. The molecule has 28 heavy (non-hydrogen) atoms. The predicted octanol–water partition coefficient (Wildman–Crippen LogP) is 5.85. The number of nitrogens with zero attached hydrogens (tertiary/aromatic N) is 2. The van der Waals surface area contributed by atoms with Gasteiger partial charge in [0, 0.05) is 13.1 Å². The third-order valence-electron chi connectivity index (χ3n) is 5.04. The summed E-state index contributed by atoms with van der Waals surface area (Å²) in [5, 5.41) is 0. The number of rotatable bonds is 4. The van der Waals surface area contributed by atoms with Crippen molar-refractivity contribution in [3.8, 4) is 11.5 Å². The zero-order valence-electron chi connectivity index (χ0n) is 16.5. The predicted molar refractivity (Wildman–Crippen MR) is 114 cm³/mol. The van der Waals surface area contributed by atoms with Crippen LogP contribution in [0.2, 0.25) is 0 Å². The Kier molecular flexibility index (Phi) is 4.78. The first-order valence-electron chi connectivity index (χ1n) is 9.53. The largest absolute Gasteiger partial charge is 0.455 e. The Labute approximate surface area is 166 Å². The molecule has 2 amide bonds. The first-order valence-corrected chi connectivity index (χ1v) is 9.53. The summed E-state index contributed by atoms with van der Waals surface area (Å²) in [5.74, 6) is 1.44. The second kappa shape index (κ2) is 7.39. The molecule has 3 aromatic rings. The van der Waals surface area contributed by atoms with Crippen molar-refractivity contribution < 1.29 is 9.53 Å². The molecule has 4 heteroatoms. The van der Waals surface area contributed by atoms with E-state index in [2.05, 4.69) is 32.9 Å². The van der Waals surface area contributed by atoms with Crippen LogP contribution in [-0.4, -0.2) is 19.1 Å². The standard InChI is InChI=1S/C24H24N2O2/c1-17-15-18(2)23(19(3)16-17)26-14-13-25(24(26)27)21-11-7-8-12-22(21)28-20-9-5-4-6-10-20/h4-12,15-16H,13-14H2,1-3H3. The minimum atomic E-state index is -0.0147. The summed E-state index contributed by atoms with van der Waals surface area (Å²) in [7, 11) is 0. The molecule has 1 fully saturated rings. The highest BCUT2D eigenvalue weighted by molar-refractivity contribution is 6.07. The Hall–Kier alpha value is -3.27. The molecule has 0 radical (unpaired) electrons. The fraction of sp³-hybridized carbons (Fsp3) is 0.208. The first-order chi connectivity index (χ1) is 13.5. The fourth-order valence-corrected chi connectivity index (χ4v) is 3.95. The number of para-hydroxylation sites is 3. The minimum Gasteiger partial charge on any atom is -0.455 e. The van der Waals surface area contributed by atoms with Crippen molar-refractivity contribution in [2.45, 2.75) is 20.8 Å². The highest BCUT2D eigenvalue weighted by Crippen LogP contribution is 2.36. The van der Waals surface area contributed by atoms with Gasteiger partial charge in [-0.2, -0.15) is 0 Å². The van der Waals surface area contributed by atoms with E-state index in [1.165, 1.54) is 5.56 Å². The molecule has 0 atom stereocenters. The number of carbonyl (C=O) groups is 1. The van der Waals surface area contributed by atoms with E-state index in [0.29, 0.717) is 18.8 Å². The van der Waals surface area contributed by atoms with Crippen molar-refractivity contribution in [1.82, 2.24) is 0 Å². The van der Waals surface area contributed by atoms with Gasteiger partial charge in [-0.15, -0.1) is 0 Å². The van der Waals surface area contributed by atoms with E-state index in [1.807, 2.05) is 59.5 Å². The van der Waals surface area contributed by atoms with Crippen LogP contribution in [-0.2, 0) is 0 Å². The third kappa shape index (κ3) is 3.33. The van der Waals surface area contributed by atoms with Gasteiger partial charge in [0.25, 0.3) is 0 Å². The van der Waals surface area contributed by atoms with Crippen molar-refractivity contribution >= 4 is 17.4 Å². The maximum Gasteiger partial charge on any atom is 0.329 e. The molecule has 0 aliphatic carbocycles. The van der Waals surface area contributed by atoms with E-state index in [-0.39, 0.29) is 6.03 Å². The van der Waals surface area contributed by atoms with Crippen molar-refractivity contribution in [1.29, 1.82) is 0 Å². The van der Waals surface area contributed by atoms with Crippen molar-refractivity contribution in [2.24, 2.45) is 0 Å². The molecule has 0 N–H and O–H groups in total. The van der Waals surface area contributed by atoms with E-state index in [0.717, 1.165) is 28.3 Å². The maximum atomic E-state index is 13.3. The number of amides is 2. The number of benzene rings is 3. The lowest BCUT2D eigenvalue weighted by molar-refractivity contribution is 0.255. The summed E-state index contributed by atoms with van der Waals surface area (Å²) in [6.45, 7) is 7.50. The van der Waals surface area contributed by atoms with Crippen LogP contribution in [0, 0.1) is 20.8 Å². The normalized spacial score (nSPS) is 13.9. The Morgan fingerprint density at radius 2 is 1.39 bits per heavy atom. The van der Waals surface area contributed by atoms with Crippen molar-refractivity contribution in [2.75, 3.05) is 22.9 Å². The SMILES string of the molecule is Cc1cc(C)c(N2CCN(c3ccccc3Oc3ccccc3)C2=O)c(C)c1. The fourth-order valence-electron chi connectivity index (χ4n) is 3.95. The molecule has 1 saturated heterocycles. The summed E-state index contributed by atoms with van der Waals surface area (Å²) in [6.07, 6.45) is 0. The van der Waals surface area contributed by atoms with E-state index < -0.39 is 0 Å². The first kappa shape index (κ1) is 18.1. The topological polar surface area (TPSA) is 32.8 Å². The number of hydrogen-bond donors (Lipinski definition) is 0. The Morgan fingerprint density at radius 3 is 2.11 bits per heavy atom. The van der Waals surface area contributed by atoms with Gasteiger partial charge in [-0.05, 0) is 56.2 Å². The van der Waals surface area contributed by atoms with Gasteiger partial charge >= 0.3 is 6.03 Å². The highest BCUT2D eigenvalue weighted by Gasteiger charge is 2.33. The number of ether oxygens (including phenoxy) is 1. The van der Waals surface area contributed by atoms with E-state index in [9.17, 15) is 4.79 Å². The van der Waals surface area contributed by atoms with Gasteiger partial charge in [0.2, 0.25) is 0 Å². The lowest BCUT2D eigenvalue weighted by Gasteiger charge is -2.23. The van der Waals surface area contributed by atoms with Crippen molar-refractivity contribution in [3.63, 3.8) is 0 Å². The molecule has 0 unspecified atom stereocenters. The number of aryl methyl sites for hydroxylation is 3. The van der Waals surface area contributed by atoms with Crippen LogP contribution in [0.4, 0.5) is 16.2 Å². The van der Waals surface area contributed by atoms with E-state index >= 15 is 0 Å². The Bertz CT molecular complexity index is 991. The van der Waals surface area contributed by atoms with Crippen LogP contribution in [0.15, 0.2) is 66.7 Å². The molecular weight excluding hydrogens is 348 g/mol. The molecule has 0 bridgehead atoms. The number of carbonyl (C=O) groups excluding carboxylic acids is 1. The van der Waals surface area contributed by atoms with E-state index in [4.69, 9.17) is 4.74 Å². The van der Waals surface area contributed by atoms with Crippen LogP contribution >= 0.6 is 0 Å². The van der Waals surface area contributed by atoms with Crippen LogP contribution in [0.25, 0.3) is 0 Å². The third-order valence-corrected chi connectivity index (χ3v) is 5.04. The summed E-state index contributed by atoms with van der Waals surface area (Å²) in [6, 6.07) is 21.6. The quantitative estimate of drug-likeness (QED) is 0.575. The lowest BCUT2D eigenvalue weighted by Crippen LogP contribution is -2.32. The van der Waals surface area contributed by atoms with Gasteiger partial charge < -0.3 is 4.74 Å². The zero-order valence-corrected chi connectivity index (χ0v) is 16.5. The number of hydrogen-bond acceptors (Lipinski definition) is 2. The summed E-state index contributed by atoms with van der Waals surface area (Å²) < 4.78 is 6.06. The monoisotopic (exact) mass is 372 g/mol. The molecule has 142 valence electrons. The number of anilines is 2. The minimum absolute atomic E-state index is 0.0147. The number of urea groups is 1. The molecule has 4 nitrogen and oxygen atoms in total. The van der Waals surface area contributed by atoms with Gasteiger partial charge in [-0.1, -0.05) is 48.0 Å². The molecular formula is C24H24N2O2. The average Bonchev–Trinajstić information content (AvgIpc) is 3.03. The maximum absolute atomic E-state index is 13.3. The second-order valence-corrected chi connectivity index (χ2v) is 7.22. The smallest absolute Gasteiger partial charge is 0.329 e. The molecule has 0 spiro atoms. The average molecular weight is 372 g/mol. The molecule has 4 rings (SSSR count). The molecule has 1 aliphatic rings. The van der Waals surface area contributed by atoms with Gasteiger partial charge in [-0.3, -0.25) is 9.80 Å². The summed E-state index contributed by atoms with van der Waals surface area (Å²) >= 11 is 0. The van der Waals surface area contributed by atoms with Crippen LogP contribution in [0.1, 0.15) is 16.7 Å². The summed E-state index contributed by atoms with van der Waals surface area (Å²) in [5.41, 5.74) is 5.27. The highest BCUT2D eigenvalue weighted by atomic mass is 16.5. The van der Waals surface area contributed by atoms with Crippen molar-refractivity contribution in [3.05, 3.63) is 83.4 Å². The van der Waals surface area contributed by atoms with Gasteiger partial charge in [0.15, 0.2) is 5.75 Å². The Balaban J connectivity index is 1.65. The van der Waals surface area contributed by atoms with E-state index in [1.54, 1.807) is 4.90 Å². The summed E-state index contributed by atoms with van der Waals surface area (Å²) in [4.78, 5) is 17.0. The molecule has 0 saturated carbocycles. The van der Waals surface area contributed by atoms with Crippen LogP contribution in [0.3, 0.4) is 0 Å². The Morgan fingerprint density at radius 1 is 0.786 bits per heavy atom. The van der Waals surface area contributed by atoms with Gasteiger partial charge in [0.1, 0.15) is 5.75 Å². The van der Waals surface area contributed by atoms with Crippen LogP contribution in [0.5, 0.6) is 11.5 Å². The zero-order chi connectivity index (χ0) is 19.7. The molecule has 3 aromatic carbocycles.